The summed E-state index contributed by atoms with van der Waals surface area (Å²) in [5, 5.41) is 2.48. The Balaban J connectivity index is 1.67. The molecule has 0 saturated heterocycles. The third-order valence-corrected chi connectivity index (χ3v) is 4.49. The van der Waals surface area contributed by atoms with Crippen molar-refractivity contribution in [2.24, 2.45) is 0 Å². The number of aryl methyl sites for hydroxylation is 1. The molecule has 0 aliphatic rings. The van der Waals surface area contributed by atoms with Crippen LogP contribution in [0.15, 0.2) is 48.5 Å². The van der Waals surface area contributed by atoms with E-state index < -0.39 is 11.8 Å². The molecule has 2 rings (SSSR count). The van der Waals surface area contributed by atoms with E-state index in [0.29, 0.717) is 17.9 Å². The van der Waals surface area contributed by atoms with Crippen LogP contribution in [0.5, 0.6) is 11.5 Å². The normalized spacial score (nSPS) is 10.1. The molecule has 0 heterocycles. The SMILES string of the molecule is CCCCCCOc1ccc(C(=O)NC(=S)NNC(=O)COc2cccc(C)c2)cc1. The van der Waals surface area contributed by atoms with Crippen molar-refractivity contribution >= 4 is 29.1 Å². The van der Waals surface area contributed by atoms with Gasteiger partial charge in [0.15, 0.2) is 11.7 Å². The van der Waals surface area contributed by atoms with Crippen molar-refractivity contribution in [3.8, 4) is 11.5 Å². The number of carbonyl (C=O) groups excluding carboxylic acids is 2. The lowest BCUT2D eigenvalue weighted by Gasteiger charge is -2.12. The highest BCUT2D eigenvalue weighted by Gasteiger charge is 2.09. The second kappa shape index (κ2) is 13.2. The smallest absolute Gasteiger partial charge is 0.276 e. The number of benzene rings is 2. The van der Waals surface area contributed by atoms with Gasteiger partial charge >= 0.3 is 0 Å². The molecule has 2 amide bonds. The van der Waals surface area contributed by atoms with Gasteiger partial charge in [0.05, 0.1) is 6.61 Å². The molecule has 166 valence electrons. The summed E-state index contributed by atoms with van der Waals surface area (Å²) in [5.74, 6) is 0.491. The van der Waals surface area contributed by atoms with Crippen LogP contribution in [0.25, 0.3) is 0 Å². The van der Waals surface area contributed by atoms with Gasteiger partial charge in [-0.2, -0.15) is 0 Å². The maximum Gasteiger partial charge on any atom is 0.276 e. The lowest BCUT2D eigenvalue weighted by Crippen LogP contribution is -2.49. The van der Waals surface area contributed by atoms with E-state index in [1.807, 2.05) is 25.1 Å². The first-order valence-electron chi connectivity index (χ1n) is 10.3. The largest absolute Gasteiger partial charge is 0.494 e. The van der Waals surface area contributed by atoms with E-state index in [4.69, 9.17) is 21.7 Å². The summed E-state index contributed by atoms with van der Waals surface area (Å²) in [6.07, 6.45) is 4.55. The van der Waals surface area contributed by atoms with Gasteiger partial charge in [-0.15, -0.1) is 0 Å². The van der Waals surface area contributed by atoms with Crippen LogP contribution in [-0.2, 0) is 4.79 Å². The predicted molar refractivity (Wildman–Crippen MR) is 124 cm³/mol. The average Bonchev–Trinajstić information content (AvgIpc) is 2.76. The molecule has 0 unspecified atom stereocenters. The fourth-order valence-electron chi connectivity index (χ4n) is 2.64. The zero-order chi connectivity index (χ0) is 22.5. The van der Waals surface area contributed by atoms with Crippen LogP contribution in [0, 0.1) is 6.92 Å². The summed E-state index contributed by atoms with van der Waals surface area (Å²) in [6.45, 7) is 4.57. The number of nitrogens with one attached hydrogen (secondary N) is 3. The first-order valence-corrected chi connectivity index (χ1v) is 10.7. The van der Waals surface area contributed by atoms with Crippen molar-refractivity contribution in [3.63, 3.8) is 0 Å². The summed E-state index contributed by atoms with van der Waals surface area (Å²) in [4.78, 5) is 24.1. The van der Waals surface area contributed by atoms with Crippen LogP contribution in [-0.4, -0.2) is 30.1 Å². The Morgan fingerprint density at radius 1 is 0.935 bits per heavy atom. The number of unbranched alkanes of at least 4 members (excludes halogenated alkanes) is 3. The molecule has 0 atom stereocenters. The van der Waals surface area contributed by atoms with Gasteiger partial charge < -0.3 is 9.47 Å². The molecule has 2 aromatic rings. The number of thiocarbonyl (C=S) groups is 1. The molecule has 0 radical (unpaired) electrons. The standard InChI is InChI=1S/C23H29N3O4S/c1-3-4-5-6-14-29-19-12-10-18(11-13-19)22(28)24-23(31)26-25-21(27)16-30-20-9-7-8-17(2)15-20/h7-13,15H,3-6,14,16H2,1-2H3,(H,25,27)(H2,24,26,28,31). The van der Waals surface area contributed by atoms with Crippen LogP contribution in [0.2, 0.25) is 0 Å². The fraction of sp³-hybridized carbons (Fsp3) is 0.348. The highest BCUT2D eigenvalue weighted by molar-refractivity contribution is 7.80. The van der Waals surface area contributed by atoms with Crippen molar-refractivity contribution in [2.75, 3.05) is 13.2 Å². The predicted octanol–water partition coefficient (Wildman–Crippen LogP) is 3.67. The summed E-state index contributed by atoms with van der Waals surface area (Å²) in [5.41, 5.74) is 6.32. The number of carbonyl (C=O) groups is 2. The molecular formula is C23H29N3O4S. The molecule has 31 heavy (non-hydrogen) atoms. The quantitative estimate of drug-likeness (QED) is 0.295. The zero-order valence-corrected chi connectivity index (χ0v) is 18.7. The minimum Gasteiger partial charge on any atom is -0.494 e. The Morgan fingerprint density at radius 2 is 1.71 bits per heavy atom. The Morgan fingerprint density at radius 3 is 2.42 bits per heavy atom. The molecule has 0 spiro atoms. The number of hydrogen-bond donors (Lipinski definition) is 3. The van der Waals surface area contributed by atoms with Gasteiger partial charge in [-0.05, 0) is 67.5 Å². The number of hydrogen-bond acceptors (Lipinski definition) is 5. The highest BCUT2D eigenvalue weighted by Crippen LogP contribution is 2.13. The molecule has 2 aromatic carbocycles. The monoisotopic (exact) mass is 443 g/mol. The molecule has 8 heteroatoms. The van der Waals surface area contributed by atoms with Crippen LogP contribution >= 0.6 is 12.2 Å². The van der Waals surface area contributed by atoms with Crippen LogP contribution in [0.4, 0.5) is 0 Å². The minimum atomic E-state index is -0.432. The summed E-state index contributed by atoms with van der Waals surface area (Å²) >= 11 is 5.04. The van der Waals surface area contributed by atoms with Crippen molar-refractivity contribution in [1.29, 1.82) is 0 Å². The van der Waals surface area contributed by atoms with E-state index in [9.17, 15) is 9.59 Å². The van der Waals surface area contributed by atoms with Gasteiger partial charge in [-0.25, -0.2) is 0 Å². The van der Waals surface area contributed by atoms with Crippen molar-refractivity contribution in [2.45, 2.75) is 39.5 Å². The van der Waals surface area contributed by atoms with E-state index in [1.165, 1.54) is 12.8 Å². The lowest BCUT2D eigenvalue weighted by molar-refractivity contribution is -0.123. The van der Waals surface area contributed by atoms with Crippen LogP contribution < -0.4 is 25.6 Å². The maximum absolute atomic E-state index is 12.3. The molecule has 0 aromatic heterocycles. The number of hydrazine groups is 1. The van der Waals surface area contributed by atoms with Crippen LogP contribution in [0.1, 0.15) is 48.5 Å². The van der Waals surface area contributed by atoms with Gasteiger partial charge in [0, 0.05) is 5.56 Å². The number of rotatable bonds is 10. The first-order chi connectivity index (χ1) is 15.0. The molecule has 0 saturated carbocycles. The Hall–Kier alpha value is -3.13. The minimum absolute atomic E-state index is 0.0230. The van der Waals surface area contributed by atoms with Gasteiger partial charge in [-0.3, -0.25) is 25.8 Å². The van der Waals surface area contributed by atoms with Crippen LogP contribution in [0.3, 0.4) is 0 Å². The van der Waals surface area contributed by atoms with Crippen molar-refractivity contribution < 1.29 is 19.1 Å². The summed E-state index contributed by atoms with van der Waals surface area (Å²) in [6, 6.07) is 14.2. The highest BCUT2D eigenvalue weighted by atomic mass is 32.1. The molecule has 0 aliphatic carbocycles. The molecule has 3 N–H and O–H groups in total. The van der Waals surface area contributed by atoms with E-state index in [1.54, 1.807) is 30.3 Å². The van der Waals surface area contributed by atoms with E-state index in [0.717, 1.165) is 24.2 Å². The van der Waals surface area contributed by atoms with Gasteiger partial charge in [0.2, 0.25) is 0 Å². The third-order valence-electron chi connectivity index (χ3n) is 4.29. The van der Waals surface area contributed by atoms with Gasteiger partial charge in [0.1, 0.15) is 11.5 Å². The second-order valence-electron chi connectivity index (χ2n) is 7.00. The summed E-state index contributed by atoms with van der Waals surface area (Å²) in [7, 11) is 0. The van der Waals surface area contributed by atoms with Gasteiger partial charge in [-0.1, -0.05) is 38.3 Å². The number of amides is 2. The lowest BCUT2D eigenvalue weighted by atomic mass is 10.2. The number of ether oxygens (including phenoxy) is 2. The van der Waals surface area contributed by atoms with Crippen molar-refractivity contribution in [1.82, 2.24) is 16.2 Å². The second-order valence-corrected chi connectivity index (χ2v) is 7.40. The topological polar surface area (TPSA) is 88.7 Å². The Kier molecular flexibility index (Phi) is 10.3. The third kappa shape index (κ3) is 9.48. The molecular weight excluding hydrogens is 414 g/mol. The molecule has 0 bridgehead atoms. The molecule has 0 fully saturated rings. The average molecular weight is 444 g/mol. The zero-order valence-electron chi connectivity index (χ0n) is 17.9. The Bertz CT molecular complexity index is 871. The first kappa shape index (κ1) is 24.1. The van der Waals surface area contributed by atoms with E-state index in [2.05, 4.69) is 23.1 Å². The molecule has 7 nitrogen and oxygen atoms in total. The molecule has 0 aliphatic heterocycles. The van der Waals surface area contributed by atoms with E-state index in [-0.39, 0.29) is 11.7 Å². The Labute approximate surface area is 188 Å². The van der Waals surface area contributed by atoms with Gasteiger partial charge in [0.25, 0.3) is 11.8 Å². The van der Waals surface area contributed by atoms with E-state index >= 15 is 0 Å². The van der Waals surface area contributed by atoms with Crippen molar-refractivity contribution in [3.05, 3.63) is 59.7 Å². The summed E-state index contributed by atoms with van der Waals surface area (Å²) < 4.78 is 11.1. The fourth-order valence-corrected chi connectivity index (χ4v) is 2.79. The maximum atomic E-state index is 12.3.